The van der Waals surface area contributed by atoms with Crippen molar-refractivity contribution < 1.29 is 88.5 Å². The van der Waals surface area contributed by atoms with Crippen molar-refractivity contribution in [2.45, 2.75) is 74.3 Å². The van der Waals surface area contributed by atoms with Crippen molar-refractivity contribution in [1.82, 2.24) is 0 Å². The van der Waals surface area contributed by atoms with E-state index in [1.807, 2.05) is 0 Å². The van der Waals surface area contributed by atoms with Crippen LogP contribution in [-0.2, 0) is 76.8 Å². The van der Waals surface area contributed by atoms with Crippen LogP contribution in [0, 0.1) is 35.5 Å². The molecule has 2 aliphatic heterocycles. The largest absolute Gasteiger partial charge is 0.465 e. The highest BCUT2D eigenvalue weighted by atomic mass is 32.2. The Morgan fingerprint density at radius 1 is 0.809 bits per heavy atom. The normalized spacial score (nSPS) is 34.8. The Balaban J connectivity index is 0.995. The van der Waals surface area contributed by atoms with Gasteiger partial charge in [-0.2, -0.15) is 17.2 Å². The fourth-order valence-corrected chi connectivity index (χ4v) is 7.97. The van der Waals surface area contributed by atoms with Crippen LogP contribution in [0.25, 0.3) is 0 Å². The number of halogens is 2. The van der Waals surface area contributed by atoms with Gasteiger partial charge in [-0.1, -0.05) is 0 Å². The van der Waals surface area contributed by atoms with E-state index in [-0.39, 0.29) is 41.5 Å². The van der Waals surface area contributed by atoms with E-state index in [4.69, 9.17) is 33.0 Å². The average molecular weight is 695 g/mol. The lowest BCUT2D eigenvalue weighted by Crippen LogP contribution is -2.43. The number of hydrogen-bond donors (Lipinski definition) is 1. The van der Waals surface area contributed by atoms with Crippen LogP contribution >= 0.6 is 0 Å². The van der Waals surface area contributed by atoms with Gasteiger partial charge in [0.25, 0.3) is 0 Å². The highest BCUT2D eigenvalue weighted by Crippen LogP contribution is 2.56. The summed E-state index contributed by atoms with van der Waals surface area (Å²) in [5, 5.41) is -5.51. The molecule has 4 saturated carbocycles. The van der Waals surface area contributed by atoms with Gasteiger partial charge in [-0.15, -0.1) is 0 Å². The molecule has 11 atom stereocenters. The summed E-state index contributed by atoms with van der Waals surface area (Å²) in [5.41, 5.74) is 0. The Hall–Kier alpha value is -3.94. The Morgan fingerprint density at radius 3 is 1.79 bits per heavy atom. The Labute approximate surface area is 263 Å². The molecule has 6 fully saturated rings. The Morgan fingerprint density at radius 2 is 1.30 bits per heavy atom. The molecule has 11 unspecified atom stereocenters. The van der Waals surface area contributed by atoms with Gasteiger partial charge in [-0.25, -0.2) is 19.2 Å². The molecule has 0 aromatic heterocycles. The lowest BCUT2D eigenvalue weighted by atomic mass is 9.88. The number of esters is 7. The van der Waals surface area contributed by atoms with Crippen molar-refractivity contribution >= 4 is 51.9 Å². The van der Waals surface area contributed by atoms with Crippen molar-refractivity contribution in [2.24, 2.45) is 35.5 Å². The zero-order valence-corrected chi connectivity index (χ0v) is 25.0. The van der Waals surface area contributed by atoms with E-state index in [1.165, 1.54) is 0 Å². The molecule has 6 aliphatic rings. The molecule has 0 radical (unpaired) electrons. The Bertz CT molecular complexity index is 1510. The summed E-state index contributed by atoms with van der Waals surface area (Å²) in [5.74, 6) is -9.56. The second kappa shape index (κ2) is 11.9. The minimum absolute atomic E-state index is 0.0603. The number of alkyl halides is 2. The Kier molecular flexibility index (Phi) is 8.38. The summed E-state index contributed by atoms with van der Waals surface area (Å²) >= 11 is 0. The third-order valence-electron chi connectivity index (χ3n) is 9.73. The molecule has 2 saturated heterocycles. The van der Waals surface area contributed by atoms with Gasteiger partial charge in [-0.3, -0.25) is 18.9 Å². The lowest BCUT2D eigenvalue weighted by molar-refractivity contribution is -0.183. The SMILES string of the molecule is O=C(CCC(OC(=O)C(F)(F)S(=O)(=O)O)C(=O)OCC(=O)OC1C2CC3C(=O)OC1C3C2)OCC(=O)OC1C2CC3C(=O)OC1C3C2. The van der Waals surface area contributed by atoms with Gasteiger partial charge in [-0.05, 0) is 25.7 Å². The van der Waals surface area contributed by atoms with Crippen molar-refractivity contribution in [2.75, 3.05) is 13.2 Å². The lowest BCUT2D eigenvalue weighted by Gasteiger charge is -2.25. The maximum absolute atomic E-state index is 13.8. The summed E-state index contributed by atoms with van der Waals surface area (Å²) in [6, 6.07) is 0. The molecule has 0 aromatic carbocycles. The zero-order valence-electron chi connectivity index (χ0n) is 24.2. The van der Waals surface area contributed by atoms with Crippen LogP contribution in [0.5, 0.6) is 0 Å². The van der Waals surface area contributed by atoms with Crippen molar-refractivity contribution in [1.29, 1.82) is 0 Å². The smallest absolute Gasteiger partial charge is 0.458 e. The predicted octanol–water partition coefficient (Wildman–Crippen LogP) is -0.768. The molecule has 0 amide bonds. The summed E-state index contributed by atoms with van der Waals surface area (Å²) in [7, 11) is -6.33. The van der Waals surface area contributed by atoms with E-state index in [2.05, 4.69) is 4.74 Å². The van der Waals surface area contributed by atoms with Gasteiger partial charge in [0.2, 0.25) is 0 Å². The number of hydrogen-bond acceptors (Lipinski definition) is 16. The summed E-state index contributed by atoms with van der Waals surface area (Å²) in [4.78, 5) is 85.2. The minimum Gasteiger partial charge on any atom is -0.458 e. The third kappa shape index (κ3) is 6.00. The van der Waals surface area contributed by atoms with E-state index in [1.54, 1.807) is 0 Å². The first-order valence-electron chi connectivity index (χ1n) is 14.7. The van der Waals surface area contributed by atoms with E-state index < -0.39 is 108 Å². The summed E-state index contributed by atoms with van der Waals surface area (Å²) in [6.45, 7) is -2.05. The van der Waals surface area contributed by atoms with E-state index in [9.17, 15) is 50.8 Å². The number of ether oxygens (including phenoxy) is 7. The molecule has 4 bridgehead atoms. The highest BCUT2D eigenvalue weighted by molar-refractivity contribution is 7.87. The quantitative estimate of drug-likeness (QED) is 0.141. The van der Waals surface area contributed by atoms with Crippen LogP contribution in [0.15, 0.2) is 0 Å². The maximum atomic E-state index is 13.8. The predicted molar refractivity (Wildman–Crippen MR) is 136 cm³/mol. The van der Waals surface area contributed by atoms with E-state index in [0.717, 1.165) is 0 Å². The molecule has 6 rings (SSSR count). The molecular weight excluding hydrogens is 666 g/mol. The van der Waals surface area contributed by atoms with Gasteiger partial charge in [0, 0.05) is 36.5 Å². The number of fused-ring (bicyclic) bond motifs is 2. The van der Waals surface area contributed by atoms with Crippen LogP contribution < -0.4 is 0 Å². The molecule has 2 heterocycles. The number of rotatable bonds is 13. The average Bonchev–Trinajstić information content (AvgIpc) is 3.82. The molecule has 0 spiro atoms. The summed E-state index contributed by atoms with van der Waals surface area (Å²) < 4.78 is 93.1. The molecule has 47 heavy (non-hydrogen) atoms. The molecule has 20 heteroatoms. The fourth-order valence-electron chi connectivity index (χ4n) is 7.71. The minimum atomic E-state index is -6.33. The van der Waals surface area contributed by atoms with Crippen LogP contribution in [0.3, 0.4) is 0 Å². The number of carbonyl (C=O) groups is 7. The summed E-state index contributed by atoms with van der Waals surface area (Å²) in [6.07, 6.45) is -4.83. The van der Waals surface area contributed by atoms with Crippen molar-refractivity contribution in [3.05, 3.63) is 0 Å². The first-order chi connectivity index (χ1) is 22.0. The van der Waals surface area contributed by atoms with E-state index >= 15 is 0 Å². The number of carbonyl (C=O) groups excluding carboxylic acids is 7. The van der Waals surface area contributed by atoms with Crippen LogP contribution in [0.1, 0.15) is 38.5 Å². The first-order valence-corrected chi connectivity index (χ1v) is 16.2. The zero-order chi connectivity index (χ0) is 34.0. The monoisotopic (exact) mass is 694 g/mol. The van der Waals surface area contributed by atoms with Gasteiger partial charge in [0.1, 0.15) is 24.4 Å². The standard InChI is InChI=1S/C27H28F2O17S/c28-27(29,47(37,38)39)26(36)42-15(25(35)41-8-18(32)44-20-10-4-12-14(6-10)24(34)46-22(12)20)1-2-16(30)40-7-17(31)43-19-9-3-11-13(5-9)23(33)45-21(11)19/h9-15,19-22H,1-8H2,(H,37,38,39). The van der Waals surface area contributed by atoms with E-state index in [0.29, 0.717) is 25.7 Å². The first kappa shape index (κ1) is 33.0. The van der Waals surface area contributed by atoms with Crippen LogP contribution in [0.2, 0.25) is 0 Å². The molecule has 17 nitrogen and oxygen atoms in total. The third-order valence-corrected chi connectivity index (χ3v) is 10.5. The van der Waals surface area contributed by atoms with Crippen molar-refractivity contribution in [3.63, 3.8) is 0 Å². The van der Waals surface area contributed by atoms with Gasteiger partial charge in [0.05, 0.1) is 11.8 Å². The van der Waals surface area contributed by atoms with Gasteiger partial charge >= 0.3 is 57.2 Å². The molecule has 4 aliphatic carbocycles. The van der Waals surface area contributed by atoms with Crippen LogP contribution in [-0.4, -0.2) is 104 Å². The molecule has 1 N–H and O–H groups in total. The van der Waals surface area contributed by atoms with Gasteiger partial charge in [0.15, 0.2) is 19.3 Å². The molecular formula is C27H28F2O17S. The highest BCUT2D eigenvalue weighted by Gasteiger charge is 2.64. The fraction of sp³-hybridized carbons (Fsp3) is 0.741. The second-order valence-corrected chi connectivity index (χ2v) is 13.9. The van der Waals surface area contributed by atoms with Gasteiger partial charge < -0.3 is 33.2 Å². The molecule has 0 aromatic rings. The topological polar surface area (TPSA) is 238 Å². The maximum Gasteiger partial charge on any atom is 0.465 e. The molecule has 258 valence electrons. The van der Waals surface area contributed by atoms with Crippen LogP contribution in [0.4, 0.5) is 8.78 Å². The second-order valence-electron chi connectivity index (χ2n) is 12.4. The van der Waals surface area contributed by atoms with Crippen molar-refractivity contribution in [3.8, 4) is 0 Å².